The molecule has 21 heavy (non-hydrogen) atoms. The highest BCUT2D eigenvalue weighted by molar-refractivity contribution is 5.78. The van der Waals surface area contributed by atoms with Crippen molar-refractivity contribution in [3.8, 4) is 0 Å². The molecule has 4 heteroatoms. The molecule has 118 valence electrons. The van der Waals surface area contributed by atoms with Crippen molar-refractivity contribution in [2.75, 3.05) is 7.05 Å². The number of amides is 1. The van der Waals surface area contributed by atoms with Crippen molar-refractivity contribution in [2.24, 2.45) is 11.7 Å². The van der Waals surface area contributed by atoms with E-state index in [1.165, 1.54) is 5.56 Å². The van der Waals surface area contributed by atoms with Gasteiger partial charge in [0.1, 0.15) is 0 Å². The second kappa shape index (κ2) is 8.15. The van der Waals surface area contributed by atoms with Gasteiger partial charge in [-0.1, -0.05) is 31.2 Å². The highest BCUT2D eigenvalue weighted by atomic mass is 16.1. The van der Waals surface area contributed by atoms with Gasteiger partial charge in [-0.2, -0.15) is 0 Å². The van der Waals surface area contributed by atoms with Crippen molar-refractivity contribution < 1.29 is 4.79 Å². The molecule has 1 rings (SSSR count). The van der Waals surface area contributed by atoms with E-state index in [1.54, 1.807) is 0 Å². The maximum Gasteiger partial charge on any atom is 0.224 e. The van der Waals surface area contributed by atoms with Gasteiger partial charge in [0.25, 0.3) is 0 Å². The number of carbonyl (C=O) groups is 1. The topological polar surface area (TPSA) is 58.4 Å². The van der Waals surface area contributed by atoms with E-state index in [2.05, 4.69) is 43.2 Å². The van der Waals surface area contributed by atoms with Crippen LogP contribution in [0.15, 0.2) is 24.3 Å². The minimum absolute atomic E-state index is 0.0111. The molecule has 4 nitrogen and oxygen atoms in total. The van der Waals surface area contributed by atoms with Gasteiger partial charge in [0, 0.05) is 31.1 Å². The number of nitrogens with zero attached hydrogens (tertiary/aromatic N) is 1. The number of carbonyl (C=O) groups excluding carboxylic acids is 1. The fourth-order valence-corrected chi connectivity index (χ4v) is 1.92. The van der Waals surface area contributed by atoms with Crippen molar-refractivity contribution in [2.45, 2.75) is 52.9 Å². The average Bonchev–Trinajstić information content (AvgIpc) is 2.44. The SMILES string of the molecule is CC(N)C(C)C(=O)NCc1ccccc1CN(C)C(C)C. The average molecular weight is 291 g/mol. The summed E-state index contributed by atoms with van der Waals surface area (Å²) in [5.74, 6) is -0.160. The number of nitrogens with one attached hydrogen (secondary N) is 1. The first-order valence-corrected chi connectivity index (χ1v) is 7.63. The molecule has 2 atom stereocenters. The summed E-state index contributed by atoms with van der Waals surface area (Å²) in [6.07, 6.45) is 0. The van der Waals surface area contributed by atoms with E-state index in [1.807, 2.05) is 26.0 Å². The summed E-state index contributed by atoms with van der Waals surface area (Å²) in [5.41, 5.74) is 8.18. The van der Waals surface area contributed by atoms with Crippen LogP contribution in [0.5, 0.6) is 0 Å². The summed E-state index contributed by atoms with van der Waals surface area (Å²) in [5, 5.41) is 2.99. The third-order valence-electron chi connectivity index (χ3n) is 4.07. The van der Waals surface area contributed by atoms with Crippen LogP contribution in [0.1, 0.15) is 38.8 Å². The molecule has 0 aliphatic carbocycles. The summed E-state index contributed by atoms with van der Waals surface area (Å²) < 4.78 is 0. The molecule has 0 saturated carbocycles. The second-order valence-corrected chi connectivity index (χ2v) is 6.14. The van der Waals surface area contributed by atoms with E-state index in [-0.39, 0.29) is 17.9 Å². The highest BCUT2D eigenvalue weighted by Crippen LogP contribution is 2.13. The van der Waals surface area contributed by atoms with Crippen LogP contribution in [-0.4, -0.2) is 29.9 Å². The lowest BCUT2D eigenvalue weighted by Crippen LogP contribution is -2.38. The number of hydrogen-bond donors (Lipinski definition) is 2. The van der Waals surface area contributed by atoms with Gasteiger partial charge in [-0.3, -0.25) is 9.69 Å². The Balaban J connectivity index is 2.69. The Labute approximate surface area is 128 Å². The Morgan fingerprint density at radius 1 is 1.19 bits per heavy atom. The lowest BCUT2D eigenvalue weighted by molar-refractivity contribution is -0.125. The Bertz CT molecular complexity index is 457. The fraction of sp³-hybridized carbons (Fsp3) is 0.588. The smallest absolute Gasteiger partial charge is 0.224 e. The van der Waals surface area contributed by atoms with Crippen molar-refractivity contribution in [3.05, 3.63) is 35.4 Å². The highest BCUT2D eigenvalue weighted by Gasteiger charge is 2.17. The lowest BCUT2D eigenvalue weighted by Gasteiger charge is -2.23. The quantitative estimate of drug-likeness (QED) is 0.809. The van der Waals surface area contributed by atoms with Gasteiger partial charge in [-0.05, 0) is 38.9 Å². The third-order valence-corrected chi connectivity index (χ3v) is 4.07. The summed E-state index contributed by atoms with van der Waals surface area (Å²) in [6.45, 7) is 9.50. The number of benzene rings is 1. The number of hydrogen-bond acceptors (Lipinski definition) is 3. The zero-order valence-corrected chi connectivity index (χ0v) is 13.9. The van der Waals surface area contributed by atoms with Gasteiger partial charge in [0.05, 0.1) is 0 Å². The largest absolute Gasteiger partial charge is 0.352 e. The summed E-state index contributed by atoms with van der Waals surface area (Å²) in [4.78, 5) is 14.3. The van der Waals surface area contributed by atoms with Gasteiger partial charge in [-0.25, -0.2) is 0 Å². The van der Waals surface area contributed by atoms with Crippen molar-refractivity contribution in [1.29, 1.82) is 0 Å². The normalized spacial score (nSPS) is 14.3. The van der Waals surface area contributed by atoms with Crippen LogP contribution in [0.2, 0.25) is 0 Å². The number of nitrogens with two attached hydrogens (primary N) is 1. The van der Waals surface area contributed by atoms with Crippen LogP contribution in [0.4, 0.5) is 0 Å². The first-order chi connectivity index (χ1) is 9.82. The van der Waals surface area contributed by atoms with Crippen LogP contribution in [0.25, 0.3) is 0 Å². The van der Waals surface area contributed by atoms with Gasteiger partial charge in [-0.15, -0.1) is 0 Å². The van der Waals surface area contributed by atoms with Crippen LogP contribution in [-0.2, 0) is 17.9 Å². The molecule has 0 aromatic heterocycles. The first-order valence-electron chi connectivity index (χ1n) is 7.63. The standard InChI is InChI=1S/C17H29N3O/c1-12(2)20(5)11-16-9-7-6-8-15(16)10-19-17(21)13(3)14(4)18/h6-9,12-14H,10-11,18H2,1-5H3,(H,19,21). The molecule has 2 unspecified atom stereocenters. The third kappa shape index (κ3) is 5.48. The van der Waals surface area contributed by atoms with Crippen molar-refractivity contribution >= 4 is 5.91 Å². The maximum atomic E-state index is 12.0. The summed E-state index contributed by atoms with van der Waals surface area (Å²) in [6, 6.07) is 8.60. The molecule has 0 aliphatic heterocycles. The molecular formula is C17H29N3O. The Morgan fingerprint density at radius 2 is 1.76 bits per heavy atom. The van der Waals surface area contributed by atoms with Crippen molar-refractivity contribution in [1.82, 2.24) is 10.2 Å². The second-order valence-electron chi connectivity index (χ2n) is 6.14. The minimum atomic E-state index is -0.171. The molecule has 1 aromatic carbocycles. The van der Waals surface area contributed by atoms with E-state index in [4.69, 9.17) is 5.73 Å². The Morgan fingerprint density at radius 3 is 2.29 bits per heavy atom. The first kappa shape index (κ1) is 17.7. The van der Waals surface area contributed by atoms with E-state index in [0.29, 0.717) is 12.6 Å². The van der Waals surface area contributed by atoms with Gasteiger partial charge in [0.2, 0.25) is 5.91 Å². The van der Waals surface area contributed by atoms with E-state index in [0.717, 1.165) is 12.1 Å². The van der Waals surface area contributed by atoms with Crippen LogP contribution >= 0.6 is 0 Å². The minimum Gasteiger partial charge on any atom is -0.352 e. The molecule has 1 aromatic rings. The Kier molecular flexibility index (Phi) is 6.85. The van der Waals surface area contributed by atoms with E-state index < -0.39 is 0 Å². The van der Waals surface area contributed by atoms with Gasteiger partial charge < -0.3 is 11.1 Å². The van der Waals surface area contributed by atoms with Gasteiger partial charge in [0.15, 0.2) is 0 Å². The molecule has 3 N–H and O–H groups in total. The van der Waals surface area contributed by atoms with Crippen LogP contribution < -0.4 is 11.1 Å². The van der Waals surface area contributed by atoms with Crippen LogP contribution in [0.3, 0.4) is 0 Å². The number of rotatable bonds is 7. The maximum absolute atomic E-state index is 12.0. The molecule has 0 aliphatic rings. The lowest BCUT2D eigenvalue weighted by atomic mass is 10.0. The predicted octanol–water partition coefficient (Wildman–Crippen LogP) is 2.13. The van der Waals surface area contributed by atoms with E-state index >= 15 is 0 Å². The monoisotopic (exact) mass is 291 g/mol. The molecule has 0 radical (unpaired) electrons. The summed E-state index contributed by atoms with van der Waals surface area (Å²) >= 11 is 0. The molecule has 1 amide bonds. The molecule has 0 spiro atoms. The van der Waals surface area contributed by atoms with Crippen LogP contribution in [0, 0.1) is 5.92 Å². The fourth-order valence-electron chi connectivity index (χ4n) is 1.92. The molecule has 0 fully saturated rings. The summed E-state index contributed by atoms with van der Waals surface area (Å²) in [7, 11) is 2.11. The molecule has 0 saturated heterocycles. The zero-order valence-electron chi connectivity index (χ0n) is 13.9. The van der Waals surface area contributed by atoms with E-state index in [9.17, 15) is 4.79 Å². The molecule has 0 heterocycles. The predicted molar refractivity (Wildman–Crippen MR) is 87.7 cm³/mol. The van der Waals surface area contributed by atoms with Crippen molar-refractivity contribution in [3.63, 3.8) is 0 Å². The Hall–Kier alpha value is -1.39. The molecular weight excluding hydrogens is 262 g/mol. The molecule has 0 bridgehead atoms. The zero-order chi connectivity index (χ0) is 16.0. The van der Waals surface area contributed by atoms with Gasteiger partial charge >= 0.3 is 0 Å².